The summed E-state index contributed by atoms with van der Waals surface area (Å²) in [5.74, 6) is 0.354. The number of carbonyl (C=O) groups excluding carboxylic acids is 2. The van der Waals surface area contributed by atoms with Crippen molar-refractivity contribution in [3.63, 3.8) is 0 Å². The minimum atomic E-state index is 0.111. The second-order valence-corrected chi connectivity index (χ2v) is 5.29. The van der Waals surface area contributed by atoms with Gasteiger partial charge in [0.15, 0.2) is 0 Å². The molecule has 0 saturated heterocycles. The van der Waals surface area contributed by atoms with Crippen molar-refractivity contribution in [1.29, 1.82) is 0 Å². The SMILES string of the molecule is CC(=O)CCCCCNC(=O)CCc1ccccc1C. The third-order valence-corrected chi connectivity index (χ3v) is 3.41. The van der Waals surface area contributed by atoms with Crippen LogP contribution in [0.2, 0.25) is 0 Å². The predicted molar refractivity (Wildman–Crippen MR) is 81.7 cm³/mol. The Morgan fingerprint density at radius 2 is 1.80 bits per heavy atom. The van der Waals surface area contributed by atoms with Crippen LogP contribution in [0.1, 0.15) is 50.2 Å². The Balaban J connectivity index is 2.09. The molecule has 0 aliphatic rings. The first kappa shape index (κ1) is 16.4. The summed E-state index contributed by atoms with van der Waals surface area (Å²) >= 11 is 0. The molecule has 110 valence electrons. The molecule has 1 aromatic rings. The molecular weight excluding hydrogens is 250 g/mol. The second-order valence-electron chi connectivity index (χ2n) is 5.29. The van der Waals surface area contributed by atoms with E-state index in [2.05, 4.69) is 24.4 Å². The van der Waals surface area contributed by atoms with Gasteiger partial charge < -0.3 is 10.1 Å². The molecule has 1 aromatic carbocycles. The van der Waals surface area contributed by atoms with Gasteiger partial charge in [0.2, 0.25) is 5.91 Å². The van der Waals surface area contributed by atoms with Crippen LogP contribution in [0.5, 0.6) is 0 Å². The molecule has 0 atom stereocenters. The number of ketones is 1. The van der Waals surface area contributed by atoms with Crippen molar-refractivity contribution in [3.05, 3.63) is 35.4 Å². The first-order valence-corrected chi connectivity index (χ1v) is 7.40. The lowest BCUT2D eigenvalue weighted by atomic mass is 10.0. The van der Waals surface area contributed by atoms with Crippen molar-refractivity contribution in [2.75, 3.05) is 6.54 Å². The first-order chi connectivity index (χ1) is 9.59. The van der Waals surface area contributed by atoms with Crippen LogP contribution < -0.4 is 5.32 Å². The van der Waals surface area contributed by atoms with E-state index < -0.39 is 0 Å². The lowest BCUT2D eigenvalue weighted by Gasteiger charge is -2.07. The Kier molecular flexibility index (Phi) is 7.63. The van der Waals surface area contributed by atoms with Gasteiger partial charge in [0.25, 0.3) is 0 Å². The average Bonchev–Trinajstić information content (AvgIpc) is 2.41. The normalized spacial score (nSPS) is 10.3. The largest absolute Gasteiger partial charge is 0.356 e. The molecule has 0 spiro atoms. The van der Waals surface area contributed by atoms with Crippen molar-refractivity contribution in [3.8, 4) is 0 Å². The van der Waals surface area contributed by atoms with Gasteiger partial charge in [0.05, 0.1) is 0 Å². The fourth-order valence-corrected chi connectivity index (χ4v) is 2.13. The zero-order valence-electron chi connectivity index (χ0n) is 12.6. The minimum Gasteiger partial charge on any atom is -0.356 e. The molecular formula is C17H25NO2. The van der Waals surface area contributed by atoms with Crippen LogP contribution >= 0.6 is 0 Å². The monoisotopic (exact) mass is 275 g/mol. The van der Waals surface area contributed by atoms with Crippen LogP contribution in [-0.2, 0) is 16.0 Å². The Morgan fingerprint density at radius 1 is 1.05 bits per heavy atom. The van der Waals surface area contributed by atoms with E-state index in [1.54, 1.807) is 6.92 Å². The standard InChI is InChI=1S/C17H25NO2/c1-14-8-5-6-10-16(14)11-12-17(20)18-13-7-3-4-9-15(2)19/h5-6,8,10H,3-4,7,9,11-13H2,1-2H3,(H,18,20). The summed E-state index contributed by atoms with van der Waals surface area (Å²) in [4.78, 5) is 22.5. The number of carbonyl (C=O) groups is 2. The fourth-order valence-electron chi connectivity index (χ4n) is 2.13. The summed E-state index contributed by atoms with van der Waals surface area (Å²) in [5.41, 5.74) is 2.48. The van der Waals surface area contributed by atoms with Crippen LogP contribution in [0.15, 0.2) is 24.3 Å². The Hall–Kier alpha value is -1.64. The van der Waals surface area contributed by atoms with Crippen LogP contribution in [0.3, 0.4) is 0 Å². The molecule has 0 aromatic heterocycles. The van der Waals surface area contributed by atoms with E-state index in [4.69, 9.17) is 0 Å². The van der Waals surface area contributed by atoms with Crippen molar-refractivity contribution in [2.24, 2.45) is 0 Å². The van der Waals surface area contributed by atoms with E-state index in [-0.39, 0.29) is 11.7 Å². The number of nitrogens with one attached hydrogen (secondary N) is 1. The summed E-state index contributed by atoms with van der Waals surface area (Å²) in [6.45, 7) is 4.40. The summed E-state index contributed by atoms with van der Waals surface area (Å²) in [5, 5.41) is 2.94. The van der Waals surface area contributed by atoms with E-state index in [0.29, 0.717) is 19.4 Å². The predicted octanol–water partition coefficient (Wildman–Crippen LogP) is 3.19. The Bertz CT molecular complexity index is 440. The molecule has 1 rings (SSSR count). The van der Waals surface area contributed by atoms with Gasteiger partial charge in [-0.25, -0.2) is 0 Å². The van der Waals surface area contributed by atoms with Crippen LogP contribution in [0.4, 0.5) is 0 Å². The Morgan fingerprint density at radius 3 is 2.50 bits per heavy atom. The maximum absolute atomic E-state index is 11.7. The first-order valence-electron chi connectivity index (χ1n) is 7.40. The lowest BCUT2D eigenvalue weighted by Crippen LogP contribution is -2.24. The van der Waals surface area contributed by atoms with Gasteiger partial charge >= 0.3 is 0 Å². The van der Waals surface area contributed by atoms with Crippen molar-refractivity contribution < 1.29 is 9.59 Å². The van der Waals surface area contributed by atoms with E-state index in [1.807, 2.05) is 12.1 Å². The molecule has 3 heteroatoms. The quantitative estimate of drug-likeness (QED) is 0.703. The number of hydrogen-bond donors (Lipinski definition) is 1. The number of rotatable bonds is 9. The van der Waals surface area contributed by atoms with Gasteiger partial charge in [-0.3, -0.25) is 4.79 Å². The number of hydrogen-bond acceptors (Lipinski definition) is 2. The average molecular weight is 275 g/mol. The third kappa shape index (κ3) is 7.07. The van der Waals surface area contributed by atoms with Crippen molar-refractivity contribution in [2.45, 2.75) is 52.4 Å². The summed E-state index contributed by atoms with van der Waals surface area (Å²) in [6, 6.07) is 8.17. The van der Waals surface area contributed by atoms with Crippen LogP contribution in [-0.4, -0.2) is 18.2 Å². The summed E-state index contributed by atoms with van der Waals surface area (Å²) < 4.78 is 0. The number of aryl methyl sites for hydroxylation is 2. The topological polar surface area (TPSA) is 46.2 Å². The summed E-state index contributed by atoms with van der Waals surface area (Å²) in [7, 11) is 0. The molecule has 0 radical (unpaired) electrons. The van der Waals surface area contributed by atoms with Gasteiger partial charge in [-0.1, -0.05) is 30.7 Å². The molecule has 0 heterocycles. The molecule has 1 amide bonds. The highest BCUT2D eigenvalue weighted by molar-refractivity contribution is 5.76. The van der Waals surface area contributed by atoms with E-state index >= 15 is 0 Å². The van der Waals surface area contributed by atoms with E-state index in [9.17, 15) is 9.59 Å². The van der Waals surface area contributed by atoms with Gasteiger partial charge in [0.1, 0.15) is 5.78 Å². The number of unbranched alkanes of at least 4 members (excludes halogenated alkanes) is 2. The summed E-state index contributed by atoms with van der Waals surface area (Å²) in [6.07, 6.45) is 4.86. The number of Topliss-reactive ketones (excluding diaryl/α,β-unsaturated/α-hetero) is 1. The second kappa shape index (κ2) is 9.29. The number of benzene rings is 1. The maximum atomic E-state index is 11.7. The highest BCUT2D eigenvalue weighted by atomic mass is 16.1. The highest BCUT2D eigenvalue weighted by Gasteiger charge is 2.03. The lowest BCUT2D eigenvalue weighted by molar-refractivity contribution is -0.121. The molecule has 3 nitrogen and oxygen atoms in total. The van der Waals surface area contributed by atoms with Gasteiger partial charge in [-0.05, 0) is 44.2 Å². The molecule has 0 unspecified atom stereocenters. The minimum absolute atomic E-state index is 0.111. The van der Waals surface area contributed by atoms with Crippen LogP contribution in [0, 0.1) is 6.92 Å². The van der Waals surface area contributed by atoms with E-state index in [1.165, 1.54) is 11.1 Å². The molecule has 0 saturated carbocycles. The molecule has 0 aliphatic carbocycles. The highest BCUT2D eigenvalue weighted by Crippen LogP contribution is 2.09. The zero-order chi connectivity index (χ0) is 14.8. The van der Waals surface area contributed by atoms with Crippen LogP contribution in [0.25, 0.3) is 0 Å². The molecule has 20 heavy (non-hydrogen) atoms. The van der Waals surface area contributed by atoms with Gasteiger partial charge in [0, 0.05) is 19.4 Å². The van der Waals surface area contributed by atoms with Crippen molar-refractivity contribution >= 4 is 11.7 Å². The molecule has 0 aliphatic heterocycles. The molecule has 0 bridgehead atoms. The zero-order valence-corrected chi connectivity index (χ0v) is 12.6. The van der Waals surface area contributed by atoms with Gasteiger partial charge in [-0.15, -0.1) is 0 Å². The van der Waals surface area contributed by atoms with Gasteiger partial charge in [-0.2, -0.15) is 0 Å². The Labute approximate surface area is 121 Å². The molecule has 0 fully saturated rings. The smallest absolute Gasteiger partial charge is 0.220 e. The third-order valence-electron chi connectivity index (χ3n) is 3.41. The fraction of sp³-hybridized carbons (Fsp3) is 0.529. The van der Waals surface area contributed by atoms with Crippen molar-refractivity contribution in [1.82, 2.24) is 5.32 Å². The van der Waals surface area contributed by atoms with E-state index in [0.717, 1.165) is 25.7 Å². The molecule has 1 N–H and O–H groups in total. The number of amides is 1. The maximum Gasteiger partial charge on any atom is 0.220 e.